The average molecular weight is 404 g/mol. The largest absolute Gasteiger partial charge is 0.497 e. The van der Waals surface area contributed by atoms with Crippen LogP contribution in [-0.4, -0.2) is 24.5 Å². The molecule has 2 aromatic carbocycles. The number of nitrogens with two attached hydrogens (primary N) is 1. The van der Waals surface area contributed by atoms with Crippen LogP contribution in [0.4, 0.5) is 11.4 Å². The van der Waals surface area contributed by atoms with E-state index in [1.54, 1.807) is 55.6 Å². The van der Waals surface area contributed by atoms with Crippen LogP contribution in [0.5, 0.6) is 5.75 Å². The number of methoxy groups -OCH3 is 1. The van der Waals surface area contributed by atoms with Crippen LogP contribution in [0.15, 0.2) is 48.5 Å². The first kappa shape index (κ1) is 21.7. The lowest BCUT2D eigenvalue weighted by Crippen LogP contribution is -2.52. The van der Waals surface area contributed by atoms with Crippen molar-refractivity contribution in [2.45, 2.75) is 37.6 Å². The maximum Gasteiger partial charge on any atom is 0.255 e. The van der Waals surface area contributed by atoms with E-state index in [4.69, 9.17) is 10.5 Å². The molecule has 0 spiro atoms. The van der Waals surface area contributed by atoms with Crippen molar-refractivity contribution < 1.29 is 14.3 Å². The van der Waals surface area contributed by atoms with Crippen LogP contribution in [-0.2, 0) is 4.79 Å². The minimum Gasteiger partial charge on any atom is -0.497 e. The summed E-state index contributed by atoms with van der Waals surface area (Å²) in [7, 11) is 1.59. The number of benzene rings is 2. The van der Waals surface area contributed by atoms with Gasteiger partial charge in [-0.05, 0) is 61.4 Å². The molecule has 7 heteroatoms. The Morgan fingerprint density at radius 1 is 0.893 bits per heavy atom. The molecule has 0 radical (unpaired) electrons. The molecule has 150 valence electrons. The van der Waals surface area contributed by atoms with E-state index in [1.165, 1.54) is 0 Å². The molecule has 0 bridgehead atoms. The van der Waals surface area contributed by atoms with E-state index in [1.807, 2.05) is 0 Å². The van der Waals surface area contributed by atoms with Gasteiger partial charge in [-0.15, -0.1) is 12.4 Å². The minimum atomic E-state index is -0.789. The number of rotatable bonds is 5. The van der Waals surface area contributed by atoms with Crippen LogP contribution in [0, 0.1) is 0 Å². The molecule has 0 aliphatic heterocycles. The molecule has 28 heavy (non-hydrogen) atoms. The Kier molecular flexibility index (Phi) is 7.43. The number of anilines is 2. The van der Waals surface area contributed by atoms with Gasteiger partial charge in [-0.2, -0.15) is 0 Å². The van der Waals surface area contributed by atoms with E-state index in [0.29, 0.717) is 29.8 Å². The van der Waals surface area contributed by atoms with Gasteiger partial charge >= 0.3 is 0 Å². The van der Waals surface area contributed by atoms with E-state index in [-0.39, 0.29) is 24.2 Å². The molecule has 0 atom stereocenters. The Labute approximate surface area is 171 Å². The summed E-state index contributed by atoms with van der Waals surface area (Å²) in [6.45, 7) is 0. The van der Waals surface area contributed by atoms with Crippen molar-refractivity contribution in [2.24, 2.45) is 5.73 Å². The molecular formula is C21H26ClN3O3. The van der Waals surface area contributed by atoms with Crippen molar-refractivity contribution in [3.05, 3.63) is 54.1 Å². The molecule has 1 saturated carbocycles. The summed E-state index contributed by atoms with van der Waals surface area (Å²) in [5.41, 5.74) is 7.28. The smallest absolute Gasteiger partial charge is 0.255 e. The average Bonchev–Trinajstić information content (AvgIpc) is 2.69. The number of ether oxygens (including phenoxy) is 1. The topological polar surface area (TPSA) is 93.5 Å². The molecular weight excluding hydrogens is 378 g/mol. The van der Waals surface area contributed by atoms with Gasteiger partial charge in [-0.1, -0.05) is 19.3 Å². The molecule has 0 heterocycles. The molecule has 4 N–H and O–H groups in total. The third-order valence-corrected chi connectivity index (χ3v) is 4.95. The number of carbonyl (C=O) groups is 2. The van der Waals surface area contributed by atoms with Gasteiger partial charge in [-0.25, -0.2) is 0 Å². The van der Waals surface area contributed by atoms with Gasteiger partial charge in [0.15, 0.2) is 0 Å². The third-order valence-electron chi connectivity index (χ3n) is 4.95. The maximum atomic E-state index is 12.5. The highest BCUT2D eigenvalue weighted by molar-refractivity contribution is 6.05. The van der Waals surface area contributed by atoms with Gasteiger partial charge in [-0.3, -0.25) is 9.59 Å². The first-order valence-corrected chi connectivity index (χ1v) is 9.16. The number of halogens is 1. The molecule has 2 amide bonds. The number of hydrogen-bond donors (Lipinski definition) is 3. The molecule has 2 aromatic rings. The Morgan fingerprint density at radius 2 is 1.43 bits per heavy atom. The lowest BCUT2D eigenvalue weighted by molar-refractivity contribution is -0.122. The third kappa shape index (κ3) is 5.24. The van der Waals surface area contributed by atoms with Gasteiger partial charge in [0.25, 0.3) is 5.91 Å². The van der Waals surface area contributed by atoms with Crippen molar-refractivity contribution in [3.63, 3.8) is 0 Å². The molecule has 1 aliphatic rings. The van der Waals surface area contributed by atoms with Crippen molar-refractivity contribution in [3.8, 4) is 5.75 Å². The summed E-state index contributed by atoms with van der Waals surface area (Å²) >= 11 is 0. The Morgan fingerprint density at radius 3 is 2.00 bits per heavy atom. The fourth-order valence-electron chi connectivity index (χ4n) is 3.25. The second kappa shape index (κ2) is 9.57. The summed E-state index contributed by atoms with van der Waals surface area (Å²) in [6, 6.07) is 13.9. The Bertz CT molecular complexity index is 801. The fourth-order valence-corrected chi connectivity index (χ4v) is 3.25. The monoisotopic (exact) mass is 403 g/mol. The van der Waals surface area contributed by atoms with E-state index < -0.39 is 5.54 Å². The predicted octanol–water partition coefficient (Wildman–Crippen LogP) is 3.97. The van der Waals surface area contributed by atoms with Crippen molar-refractivity contribution >= 4 is 35.6 Å². The summed E-state index contributed by atoms with van der Waals surface area (Å²) < 4.78 is 5.10. The number of nitrogens with one attached hydrogen (secondary N) is 2. The van der Waals surface area contributed by atoms with Crippen LogP contribution in [0.2, 0.25) is 0 Å². The number of hydrogen-bond acceptors (Lipinski definition) is 4. The molecule has 1 fully saturated rings. The molecule has 0 aromatic heterocycles. The zero-order valence-electron chi connectivity index (χ0n) is 15.9. The van der Waals surface area contributed by atoms with E-state index >= 15 is 0 Å². The number of amides is 2. The van der Waals surface area contributed by atoms with E-state index in [9.17, 15) is 9.59 Å². The highest BCUT2D eigenvalue weighted by atomic mass is 35.5. The van der Waals surface area contributed by atoms with Gasteiger partial charge in [0.2, 0.25) is 5.91 Å². The van der Waals surface area contributed by atoms with Gasteiger partial charge in [0.1, 0.15) is 5.75 Å². The van der Waals surface area contributed by atoms with Crippen LogP contribution >= 0.6 is 12.4 Å². The van der Waals surface area contributed by atoms with Crippen molar-refractivity contribution in [1.29, 1.82) is 0 Å². The van der Waals surface area contributed by atoms with Crippen LogP contribution in [0.3, 0.4) is 0 Å². The Hall–Kier alpha value is -2.57. The molecule has 0 saturated heterocycles. The molecule has 6 nitrogen and oxygen atoms in total. The quantitative estimate of drug-likeness (QED) is 0.704. The predicted molar refractivity (Wildman–Crippen MR) is 113 cm³/mol. The van der Waals surface area contributed by atoms with Crippen LogP contribution in [0.25, 0.3) is 0 Å². The van der Waals surface area contributed by atoms with Crippen LogP contribution in [0.1, 0.15) is 42.5 Å². The molecule has 1 aliphatic carbocycles. The maximum absolute atomic E-state index is 12.5. The second-order valence-electron chi connectivity index (χ2n) is 6.93. The highest BCUT2D eigenvalue weighted by Crippen LogP contribution is 2.27. The van der Waals surface area contributed by atoms with Crippen molar-refractivity contribution in [1.82, 2.24) is 0 Å². The second-order valence-corrected chi connectivity index (χ2v) is 6.93. The van der Waals surface area contributed by atoms with Gasteiger partial charge in [0.05, 0.1) is 12.6 Å². The van der Waals surface area contributed by atoms with E-state index in [2.05, 4.69) is 10.6 Å². The zero-order valence-corrected chi connectivity index (χ0v) is 16.7. The van der Waals surface area contributed by atoms with Gasteiger partial charge in [0, 0.05) is 16.9 Å². The molecule has 3 rings (SSSR count). The highest BCUT2D eigenvalue weighted by Gasteiger charge is 2.35. The summed E-state index contributed by atoms with van der Waals surface area (Å²) in [5, 5.41) is 5.70. The fraction of sp³-hybridized carbons (Fsp3) is 0.333. The summed E-state index contributed by atoms with van der Waals surface area (Å²) in [6.07, 6.45) is 4.51. The summed E-state index contributed by atoms with van der Waals surface area (Å²) in [4.78, 5) is 24.8. The molecule has 0 unspecified atom stereocenters. The normalized spacial score (nSPS) is 15.1. The van der Waals surface area contributed by atoms with Gasteiger partial charge < -0.3 is 21.1 Å². The SMILES string of the molecule is COc1ccc(NC(=O)c2ccc(NC(=O)C3(N)CCCCC3)cc2)cc1.Cl. The standard InChI is InChI=1S/C21H25N3O3.ClH/c1-27-18-11-9-16(10-12-18)23-19(25)15-5-7-17(8-6-15)24-20(26)21(22)13-3-2-4-14-21;/h5-12H,2-4,13-14,22H2,1H3,(H,23,25)(H,24,26);1H. The van der Waals surface area contributed by atoms with E-state index in [0.717, 1.165) is 25.0 Å². The zero-order chi connectivity index (χ0) is 19.3. The number of carbonyl (C=O) groups excluding carboxylic acids is 2. The summed E-state index contributed by atoms with van der Waals surface area (Å²) in [5.74, 6) is 0.349. The Balaban J connectivity index is 0.00000280. The minimum absolute atomic E-state index is 0. The van der Waals surface area contributed by atoms with Crippen molar-refractivity contribution in [2.75, 3.05) is 17.7 Å². The first-order valence-electron chi connectivity index (χ1n) is 9.16. The first-order chi connectivity index (χ1) is 13.0. The lowest BCUT2D eigenvalue weighted by atomic mass is 9.82. The lowest BCUT2D eigenvalue weighted by Gasteiger charge is -2.31. The van der Waals surface area contributed by atoms with Crippen LogP contribution < -0.4 is 21.1 Å².